The molecule has 1 saturated heterocycles. The van der Waals surface area contributed by atoms with Gasteiger partial charge in [0.25, 0.3) is 10.1 Å². The van der Waals surface area contributed by atoms with Crippen LogP contribution in [-0.4, -0.2) is 53.0 Å². The first-order valence-electron chi connectivity index (χ1n) is 5.18. The van der Waals surface area contributed by atoms with Crippen LogP contribution in [0.2, 0.25) is 0 Å². The standard InChI is InChI=1S/C9H15NO5S2/c1-7(11)16-8-5-9(12)10(6-8)3-2-4-17(13,14)15/h8H,2-6H2,1H3,(H,13,14,15). The normalized spacial score (nSPS) is 20.9. The molecule has 0 saturated carbocycles. The fourth-order valence-corrected chi connectivity index (χ4v) is 3.15. The summed E-state index contributed by atoms with van der Waals surface area (Å²) in [5.41, 5.74) is 0. The molecular formula is C9H15NO5S2. The van der Waals surface area contributed by atoms with Crippen molar-refractivity contribution < 1.29 is 22.6 Å². The van der Waals surface area contributed by atoms with Crippen molar-refractivity contribution in [3.05, 3.63) is 0 Å². The summed E-state index contributed by atoms with van der Waals surface area (Å²) in [5.74, 6) is -0.416. The second-order valence-corrected chi connectivity index (χ2v) is 6.96. The van der Waals surface area contributed by atoms with Crippen molar-refractivity contribution >= 4 is 32.9 Å². The Kier molecular flexibility index (Phi) is 4.96. The number of carbonyl (C=O) groups is 2. The number of hydrogen-bond acceptors (Lipinski definition) is 5. The third kappa shape index (κ3) is 5.51. The van der Waals surface area contributed by atoms with Crippen molar-refractivity contribution in [1.82, 2.24) is 4.90 Å². The lowest BCUT2D eigenvalue weighted by atomic mass is 10.4. The van der Waals surface area contributed by atoms with Crippen molar-refractivity contribution in [1.29, 1.82) is 0 Å². The van der Waals surface area contributed by atoms with Crippen LogP contribution >= 0.6 is 11.8 Å². The van der Waals surface area contributed by atoms with Gasteiger partial charge in [-0.3, -0.25) is 14.1 Å². The minimum atomic E-state index is -3.96. The summed E-state index contributed by atoms with van der Waals surface area (Å²) in [4.78, 5) is 23.9. The fraction of sp³-hybridized carbons (Fsp3) is 0.778. The summed E-state index contributed by atoms with van der Waals surface area (Å²) in [6, 6.07) is 0. The number of thioether (sulfide) groups is 1. The Balaban J connectivity index is 2.36. The van der Waals surface area contributed by atoms with Crippen LogP contribution in [0.25, 0.3) is 0 Å². The van der Waals surface area contributed by atoms with Crippen LogP contribution in [0, 0.1) is 0 Å². The maximum atomic E-state index is 11.5. The largest absolute Gasteiger partial charge is 0.341 e. The van der Waals surface area contributed by atoms with Gasteiger partial charge in [-0.1, -0.05) is 11.8 Å². The van der Waals surface area contributed by atoms with Crippen molar-refractivity contribution in [3.63, 3.8) is 0 Å². The summed E-state index contributed by atoms with van der Waals surface area (Å²) < 4.78 is 29.5. The maximum Gasteiger partial charge on any atom is 0.264 e. The summed E-state index contributed by atoms with van der Waals surface area (Å²) in [6.45, 7) is 2.22. The van der Waals surface area contributed by atoms with Gasteiger partial charge in [-0.05, 0) is 6.42 Å². The van der Waals surface area contributed by atoms with Gasteiger partial charge in [0, 0.05) is 31.7 Å². The molecule has 0 aromatic heterocycles. The zero-order chi connectivity index (χ0) is 13.1. The molecule has 1 fully saturated rings. The average molecular weight is 281 g/mol. The Bertz CT molecular complexity index is 406. The lowest BCUT2D eigenvalue weighted by Gasteiger charge is -2.15. The number of amides is 1. The van der Waals surface area contributed by atoms with Gasteiger partial charge in [-0.25, -0.2) is 0 Å². The SMILES string of the molecule is CC(=O)SC1CC(=O)N(CCCS(=O)(=O)O)C1. The van der Waals surface area contributed by atoms with E-state index in [-0.39, 0.29) is 28.4 Å². The van der Waals surface area contributed by atoms with E-state index in [2.05, 4.69) is 0 Å². The van der Waals surface area contributed by atoms with E-state index in [9.17, 15) is 18.0 Å². The predicted octanol–water partition coefficient (Wildman–Crippen LogP) is 0.145. The molecule has 1 unspecified atom stereocenters. The number of nitrogens with zero attached hydrogens (tertiary/aromatic N) is 1. The van der Waals surface area contributed by atoms with Crippen LogP contribution in [0.4, 0.5) is 0 Å². The van der Waals surface area contributed by atoms with Gasteiger partial charge in [0.1, 0.15) is 0 Å². The van der Waals surface area contributed by atoms with Crippen molar-refractivity contribution in [2.75, 3.05) is 18.8 Å². The number of hydrogen-bond donors (Lipinski definition) is 1. The van der Waals surface area contributed by atoms with E-state index in [0.29, 0.717) is 19.5 Å². The van der Waals surface area contributed by atoms with Crippen LogP contribution in [0.3, 0.4) is 0 Å². The molecule has 17 heavy (non-hydrogen) atoms. The highest BCUT2D eigenvalue weighted by molar-refractivity contribution is 8.14. The fourth-order valence-electron chi connectivity index (χ4n) is 1.70. The Morgan fingerprint density at radius 2 is 2.24 bits per heavy atom. The molecule has 1 atom stereocenters. The zero-order valence-corrected chi connectivity index (χ0v) is 11.1. The Hall–Kier alpha value is -0.600. The maximum absolute atomic E-state index is 11.5. The summed E-state index contributed by atoms with van der Waals surface area (Å²) >= 11 is 1.14. The first-order chi connectivity index (χ1) is 7.78. The summed E-state index contributed by atoms with van der Waals surface area (Å²) in [7, 11) is -3.96. The van der Waals surface area contributed by atoms with Gasteiger partial charge in [-0.15, -0.1) is 0 Å². The third-order valence-corrected chi connectivity index (χ3v) is 4.13. The van der Waals surface area contributed by atoms with Crippen LogP contribution in [0.5, 0.6) is 0 Å². The average Bonchev–Trinajstić information content (AvgIpc) is 2.43. The molecule has 1 amide bonds. The van der Waals surface area contributed by atoms with Crippen LogP contribution in [0.1, 0.15) is 19.8 Å². The lowest BCUT2D eigenvalue weighted by molar-refractivity contribution is -0.127. The van der Waals surface area contributed by atoms with Gasteiger partial charge < -0.3 is 4.90 Å². The molecule has 0 aliphatic carbocycles. The van der Waals surface area contributed by atoms with Gasteiger partial charge in [-0.2, -0.15) is 8.42 Å². The van der Waals surface area contributed by atoms with E-state index in [4.69, 9.17) is 4.55 Å². The van der Waals surface area contributed by atoms with Gasteiger partial charge in [0.15, 0.2) is 5.12 Å². The zero-order valence-electron chi connectivity index (χ0n) is 9.46. The molecule has 0 spiro atoms. The first-order valence-corrected chi connectivity index (χ1v) is 7.67. The Morgan fingerprint density at radius 1 is 1.59 bits per heavy atom. The Morgan fingerprint density at radius 3 is 2.76 bits per heavy atom. The first kappa shape index (κ1) is 14.5. The quantitative estimate of drug-likeness (QED) is 0.721. The molecule has 0 aromatic rings. The lowest BCUT2D eigenvalue weighted by Crippen LogP contribution is -2.28. The molecule has 0 aromatic carbocycles. The van der Waals surface area contributed by atoms with E-state index < -0.39 is 10.1 Å². The topological polar surface area (TPSA) is 91.8 Å². The minimum absolute atomic E-state index is 0.0254. The van der Waals surface area contributed by atoms with E-state index in [1.807, 2.05) is 0 Å². The van der Waals surface area contributed by atoms with Crippen LogP contribution in [-0.2, 0) is 19.7 Å². The van der Waals surface area contributed by atoms with E-state index in [1.165, 1.54) is 11.8 Å². The van der Waals surface area contributed by atoms with Crippen molar-refractivity contribution in [2.45, 2.75) is 25.0 Å². The van der Waals surface area contributed by atoms with Gasteiger partial charge in [0.05, 0.1) is 5.75 Å². The molecule has 6 nitrogen and oxygen atoms in total. The highest BCUT2D eigenvalue weighted by Gasteiger charge is 2.30. The molecule has 1 N–H and O–H groups in total. The molecule has 98 valence electrons. The second-order valence-electron chi connectivity index (χ2n) is 3.91. The number of likely N-dealkylation sites (tertiary alicyclic amines) is 1. The molecule has 1 rings (SSSR count). The summed E-state index contributed by atoms with van der Waals surface area (Å²) in [6.07, 6.45) is 0.526. The third-order valence-electron chi connectivity index (χ3n) is 2.34. The molecule has 1 heterocycles. The number of carbonyl (C=O) groups excluding carboxylic acids is 2. The van der Waals surface area contributed by atoms with Crippen LogP contribution in [0.15, 0.2) is 0 Å². The summed E-state index contributed by atoms with van der Waals surface area (Å²) in [5, 5.41) is -0.0617. The van der Waals surface area contributed by atoms with Crippen LogP contribution < -0.4 is 0 Å². The molecular weight excluding hydrogens is 266 g/mol. The van der Waals surface area contributed by atoms with Crippen molar-refractivity contribution in [2.24, 2.45) is 0 Å². The molecule has 1 aliphatic heterocycles. The molecule has 1 aliphatic rings. The second kappa shape index (κ2) is 5.83. The van der Waals surface area contributed by atoms with E-state index in [1.54, 1.807) is 0 Å². The monoisotopic (exact) mass is 281 g/mol. The van der Waals surface area contributed by atoms with Crippen molar-refractivity contribution in [3.8, 4) is 0 Å². The van der Waals surface area contributed by atoms with Gasteiger partial charge >= 0.3 is 0 Å². The van der Waals surface area contributed by atoms with E-state index >= 15 is 0 Å². The number of rotatable bonds is 5. The highest BCUT2D eigenvalue weighted by atomic mass is 32.2. The molecule has 0 bridgehead atoms. The Labute approximate surface area is 104 Å². The van der Waals surface area contributed by atoms with E-state index in [0.717, 1.165) is 11.8 Å². The molecule has 0 radical (unpaired) electrons. The van der Waals surface area contributed by atoms with Gasteiger partial charge in [0.2, 0.25) is 5.91 Å². The molecule has 8 heteroatoms. The predicted molar refractivity (Wildman–Crippen MR) is 64.3 cm³/mol. The smallest absolute Gasteiger partial charge is 0.264 e. The highest BCUT2D eigenvalue weighted by Crippen LogP contribution is 2.24. The minimum Gasteiger partial charge on any atom is -0.341 e.